The molecule has 1 aliphatic rings. The zero-order valence-electron chi connectivity index (χ0n) is 14.4. The van der Waals surface area contributed by atoms with Crippen LogP contribution >= 0.6 is 23.2 Å². The van der Waals surface area contributed by atoms with Gasteiger partial charge in [-0.25, -0.2) is 0 Å². The van der Waals surface area contributed by atoms with Crippen molar-refractivity contribution in [3.8, 4) is 0 Å². The third-order valence-electron chi connectivity index (χ3n) is 4.32. The van der Waals surface area contributed by atoms with Crippen molar-refractivity contribution in [2.45, 2.75) is 0 Å². The summed E-state index contributed by atoms with van der Waals surface area (Å²) in [7, 11) is 0. The van der Waals surface area contributed by atoms with Gasteiger partial charge >= 0.3 is 0 Å². The van der Waals surface area contributed by atoms with Gasteiger partial charge in [0.1, 0.15) is 5.69 Å². The topological polar surface area (TPSA) is 78.7 Å². The van der Waals surface area contributed by atoms with Crippen LogP contribution in [-0.4, -0.2) is 48.5 Å². The van der Waals surface area contributed by atoms with E-state index in [9.17, 15) is 14.9 Å². The monoisotopic (exact) mass is 408 g/mol. The quantitative estimate of drug-likeness (QED) is 0.602. The number of rotatable bonds is 5. The van der Waals surface area contributed by atoms with E-state index >= 15 is 0 Å². The van der Waals surface area contributed by atoms with Gasteiger partial charge in [0.25, 0.3) is 5.69 Å². The first-order valence-electron chi connectivity index (χ1n) is 8.39. The van der Waals surface area contributed by atoms with Gasteiger partial charge in [-0.3, -0.25) is 19.8 Å². The molecule has 7 nitrogen and oxygen atoms in total. The summed E-state index contributed by atoms with van der Waals surface area (Å²) in [6, 6.07) is 11.7. The maximum Gasteiger partial charge on any atom is 0.294 e. The van der Waals surface area contributed by atoms with Crippen LogP contribution in [0.4, 0.5) is 17.1 Å². The first kappa shape index (κ1) is 19.4. The van der Waals surface area contributed by atoms with Gasteiger partial charge in [-0.05, 0) is 30.3 Å². The van der Waals surface area contributed by atoms with Crippen molar-refractivity contribution < 1.29 is 9.72 Å². The second-order valence-corrected chi connectivity index (χ2v) is 7.08. The Hall–Kier alpha value is -2.35. The molecule has 2 aromatic carbocycles. The van der Waals surface area contributed by atoms with E-state index in [1.165, 1.54) is 6.07 Å². The van der Waals surface area contributed by atoms with Crippen LogP contribution in [0.15, 0.2) is 42.5 Å². The molecule has 1 fully saturated rings. The molecule has 142 valence electrons. The van der Waals surface area contributed by atoms with Gasteiger partial charge in [-0.15, -0.1) is 0 Å². The number of carbonyl (C=O) groups excluding carboxylic acids is 1. The molecule has 1 amide bonds. The summed E-state index contributed by atoms with van der Waals surface area (Å²) in [5, 5.41) is 15.0. The number of amides is 1. The molecule has 2 aromatic rings. The predicted molar refractivity (Wildman–Crippen MR) is 107 cm³/mol. The first-order chi connectivity index (χ1) is 12.9. The number of benzene rings is 2. The molecule has 1 N–H and O–H groups in total. The van der Waals surface area contributed by atoms with Crippen molar-refractivity contribution in [3.63, 3.8) is 0 Å². The van der Waals surface area contributed by atoms with E-state index in [1.807, 2.05) is 9.80 Å². The van der Waals surface area contributed by atoms with E-state index in [2.05, 4.69) is 5.32 Å². The lowest BCUT2D eigenvalue weighted by Gasteiger charge is -2.35. The Balaban J connectivity index is 1.56. The number of piperazine rings is 1. The molecular formula is C18H18Cl2N4O3. The van der Waals surface area contributed by atoms with Crippen LogP contribution in [0.2, 0.25) is 10.0 Å². The molecular weight excluding hydrogens is 391 g/mol. The normalized spacial score (nSPS) is 14.8. The third-order valence-corrected chi connectivity index (χ3v) is 4.79. The van der Waals surface area contributed by atoms with Gasteiger partial charge < -0.3 is 10.2 Å². The Kier molecular flexibility index (Phi) is 6.15. The minimum absolute atomic E-state index is 0.00495. The fraction of sp³-hybridized carbons (Fsp3) is 0.278. The summed E-state index contributed by atoms with van der Waals surface area (Å²) in [4.78, 5) is 27.0. The molecule has 0 spiro atoms. The van der Waals surface area contributed by atoms with Gasteiger partial charge in [0.15, 0.2) is 0 Å². The van der Waals surface area contributed by atoms with Gasteiger partial charge in [-0.1, -0.05) is 29.3 Å². The standard InChI is InChI=1S/C18H18Cl2N4O3/c19-13-2-1-3-15(10-13)21-18(25)12-22-6-8-23(9-7-22)16-5-4-14(20)11-17(16)24(26)27/h1-5,10-11H,6-9,12H2,(H,21,25). The Bertz CT molecular complexity index is 854. The highest BCUT2D eigenvalue weighted by Crippen LogP contribution is 2.31. The van der Waals surface area contributed by atoms with E-state index in [1.54, 1.807) is 36.4 Å². The Morgan fingerprint density at radius 2 is 1.78 bits per heavy atom. The van der Waals surface area contributed by atoms with Crippen LogP contribution < -0.4 is 10.2 Å². The summed E-state index contributed by atoms with van der Waals surface area (Å²) in [5.41, 5.74) is 1.20. The maximum absolute atomic E-state index is 12.2. The number of hydrogen-bond donors (Lipinski definition) is 1. The summed E-state index contributed by atoms with van der Waals surface area (Å²) in [6.45, 7) is 2.69. The van der Waals surface area contributed by atoms with Crippen molar-refractivity contribution in [2.24, 2.45) is 0 Å². The Labute approximate surface area is 166 Å². The van der Waals surface area contributed by atoms with Crippen LogP contribution in [0.25, 0.3) is 0 Å². The zero-order valence-corrected chi connectivity index (χ0v) is 15.9. The summed E-state index contributed by atoms with van der Waals surface area (Å²) in [5.74, 6) is -0.122. The summed E-state index contributed by atoms with van der Waals surface area (Å²) >= 11 is 11.8. The van der Waals surface area contributed by atoms with Crippen molar-refractivity contribution in [2.75, 3.05) is 42.9 Å². The molecule has 27 heavy (non-hydrogen) atoms. The molecule has 0 saturated carbocycles. The molecule has 9 heteroatoms. The average molecular weight is 409 g/mol. The Morgan fingerprint density at radius 3 is 2.44 bits per heavy atom. The highest BCUT2D eigenvalue weighted by Gasteiger charge is 2.24. The molecule has 0 bridgehead atoms. The van der Waals surface area contributed by atoms with Gasteiger partial charge in [0.2, 0.25) is 5.91 Å². The van der Waals surface area contributed by atoms with E-state index in [0.29, 0.717) is 47.6 Å². The third kappa shape index (κ3) is 5.09. The maximum atomic E-state index is 12.2. The largest absolute Gasteiger partial charge is 0.363 e. The van der Waals surface area contributed by atoms with Crippen LogP contribution in [0, 0.1) is 10.1 Å². The smallest absolute Gasteiger partial charge is 0.294 e. The molecule has 0 radical (unpaired) electrons. The van der Waals surface area contributed by atoms with E-state index < -0.39 is 4.92 Å². The van der Waals surface area contributed by atoms with Crippen LogP contribution in [0.5, 0.6) is 0 Å². The highest BCUT2D eigenvalue weighted by molar-refractivity contribution is 6.31. The first-order valence-corrected chi connectivity index (χ1v) is 9.14. The van der Waals surface area contributed by atoms with Crippen LogP contribution in [0.1, 0.15) is 0 Å². The van der Waals surface area contributed by atoms with Crippen molar-refractivity contribution in [3.05, 3.63) is 62.6 Å². The van der Waals surface area contributed by atoms with Crippen molar-refractivity contribution in [1.82, 2.24) is 4.90 Å². The highest BCUT2D eigenvalue weighted by atomic mass is 35.5. The van der Waals surface area contributed by atoms with E-state index in [0.717, 1.165) is 0 Å². The van der Waals surface area contributed by atoms with Crippen LogP contribution in [0.3, 0.4) is 0 Å². The fourth-order valence-electron chi connectivity index (χ4n) is 3.03. The van der Waals surface area contributed by atoms with Gasteiger partial charge in [0, 0.05) is 48.0 Å². The van der Waals surface area contributed by atoms with Crippen LogP contribution in [-0.2, 0) is 4.79 Å². The number of anilines is 2. The number of nitrogens with zero attached hydrogens (tertiary/aromatic N) is 3. The number of nitro benzene ring substituents is 1. The molecule has 3 rings (SSSR count). The second-order valence-electron chi connectivity index (χ2n) is 6.21. The number of halogens is 2. The van der Waals surface area contributed by atoms with E-state index in [-0.39, 0.29) is 18.1 Å². The van der Waals surface area contributed by atoms with Crippen molar-refractivity contribution >= 4 is 46.2 Å². The molecule has 0 aliphatic carbocycles. The second kappa shape index (κ2) is 8.56. The SMILES string of the molecule is O=C(CN1CCN(c2ccc(Cl)cc2[N+](=O)[O-])CC1)Nc1cccc(Cl)c1. The van der Waals surface area contributed by atoms with Gasteiger partial charge in [0.05, 0.1) is 11.5 Å². The lowest BCUT2D eigenvalue weighted by molar-refractivity contribution is -0.384. The number of hydrogen-bond acceptors (Lipinski definition) is 5. The predicted octanol–water partition coefficient (Wildman–Crippen LogP) is 3.66. The molecule has 1 saturated heterocycles. The Morgan fingerprint density at radius 1 is 1.07 bits per heavy atom. The van der Waals surface area contributed by atoms with Crippen molar-refractivity contribution in [1.29, 1.82) is 0 Å². The molecule has 1 aliphatic heterocycles. The number of carbonyl (C=O) groups is 1. The number of nitrogens with one attached hydrogen (secondary N) is 1. The fourth-order valence-corrected chi connectivity index (χ4v) is 3.38. The molecule has 0 unspecified atom stereocenters. The molecule has 0 aromatic heterocycles. The minimum Gasteiger partial charge on any atom is -0.363 e. The lowest BCUT2D eigenvalue weighted by Crippen LogP contribution is -2.48. The molecule has 1 heterocycles. The average Bonchev–Trinajstić information content (AvgIpc) is 2.62. The summed E-state index contributed by atoms with van der Waals surface area (Å²) < 4.78 is 0. The number of nitro groups is 1. The van der Waals surface area contributed by atoms with E-state index in [4.69, 9.17) is 23.2 Å². The molecule has 0 atom stereocenters. The minimum atomic E-state index is -0.425. The zero-order chi connectivity index (χ0) is 19.4. The van der Waals surface area contributed by atoms with Gasteiger partial charge in [-0.2, -0.15) is 0 Å². The lowest BCUT2D eigenvalue weighted by atomic mass is 10.2. The summed E-state index contributed by atoms with van der Waals surface area (Å²) in [6.07, 6.45) is 0.